The number of imidazole rings is 1. The Kier molecular flexibility index (Phi) is 7.10. The lowest BCUT2D eigenvalue weighted by Gasteiger charge is -2.22. The number of amides is 2. The topological polar surface area (TPSA) is 62.2 Å². The van der Waals surface area contributed by atoms with Gasteiger partial charge < -0.3 is 20.1 Å². The van der Waals surface area contributed by atoms with Gasteiger partial charge in [0.2, 0.25) is 0 Å². The van der Waals surface area contributed by atoms with Gasteiger partial charge in [-0.3, -0.25) is 0 Å². The van der Waals surface area contributed by atoms with Crippen LogP contribution in [0, 0.1) is 0 Å². The second kappa shape index (κ2) is 9.74. The number of fused-ring (bicyclic) bond motifs is 1. The van der Waals surface area contributed by atoms with E-state index in [4.69, 9.17) is 4.98 Å². The minimum absolute atomic E-state index is 0.0443. The summed E-state index contributed by atoms with van der Waals surface area (Å²) < 4.78 is 2.31. The van der Waals surface area contributed by atoms with Gasteiger partial charge in [-0.25, -0.2) is 9.78 Å². The molecule has 0 atom stereocenters. The van der Waals surface area contributed by atoms with Crippen LogP contribution in [0.3, 0.4) is 0 Å². The number of carbonyl (C=O) groups excluding carboxylic acids is 1. The molecule has 0 unspecified atom stereocenters. The lowest BCUT2D eigenvalue weighted by molar-refractivity contribution is 0.232. The second-order valence-corrected chi connectivity index (χ2v) is 7.81. The first-order chi connectivity index (χ1) is 13.1. The zero-order valence-corrected chi connectivity index (χ0v) is 16.7. The molecule has 0 spiro atoms. The van der Waals surface area contributed by atoms with Crippen LogP contribution in [-0.2, 0) is 13.0 Å². The average Bonchev–Trinajstić information content (AvgIpc) is 3.00. The van der Waals surface area contributed by atoms with E-state index in [0.717, 1.165) is 50.1 Å². The van der Waals surface area contributed by atoms with Gasteiger partial charge in [0.1, 0.15) is 5.82 Å². The van der Waals surface area contributed by atoms with E-state index in [1.54, 1.807) is 0 Å². The third-order valence-electron chi connectivity index (χ3n) is 5.30. The molecule has 27 heavy (non-hydrogen) atoms. The van der Waals surface area contributed by atoms with Crippen molar-refractivity contribution in [2.24, 2.45) is 0 Å². The van der Waals surface area contributed by atoms with Crippen molar-refractivity contribution in [2.75, 3.05) is 27.2 Å². The Hall–Kier alpha value is -2.08. The largest absolute Gasteiger partial charge is 0.338 e. The fraction of sp³-hybridized carbons (Fsp3) is 0.619. The van der Waals surface area contributed by atoms with E-state index >= 15 is 0 Å². The minimum atomic E-state index is -0.0443. The van der Waals surface area contributed by atoms with Crippen LogP contribution in [0.5, 0.6) is 0 Å². The van der Waals surface area contributed by atoms with E-state index in [2.05, 4.69) is 52.4 Å². The highest BCUT2D eigenvalue weighted by atomic mass is 16.2. The van der Waals surface area contributed by atoms with Crippen LogP contribution in [-0.4, -0.2) is 53.7 Å². The molecule has 1 aliphatic rings. The highest BCUT2D eigenvalue weighted by molar-refractivity contribution is 5.76. The predicted molar refractivity (Wildman–Crippen MR) is 110 cm³/mol. The molecule has 0 aliphatic heterocycles. The molecule has 1 aromatic carbocycles. The molecule has 0 radical (unpaired) electrons. The lowest BCUT2D eigenvalue weighted by Crippen LogP contribution is -2.43. The van der Waals surface area contributed by atoms with Crippen molar-refractivity contribution in [1.29, 1.82) is 0 Å². The van der Waals surface area contributed by atoms with Gasteiger partial charge in [0.15, 0.2) is 0 Å². The lowest BCUT2D eigenvalue weighted by atomic mass is 9.96. The van der Waals surface area contributed by atoms with E-state index in [9.17, 15) is 4.79 Å². The summed E-state index contributed by atoms with van der Waals surface area (Å²) in [5, 5.41) is 6.12. The average molecular weight is 372 g/mol. The maximum absolute atomic E-state index is 12.2. The van der Waals surface area contributed by atoms with E-state index in [-0.39, 0.29) is 6.03 Å². The number of aromatic nitrogens is 2. The summed E-state index contributed by atoms with van der Waals surface area (Å²) >= 11 is 0. The van der Waals surface area contributed by atoms with Gasteiger partial charge in [-0.05, 0) is 52.0 Å². The van der Waals surface area contributed by atoms with Crippen LogP contribution in [0.2, 0.25) is 0 Å². The summed E-state index contributed by atoms with van der Waals surface area (Å²) in [7, 11) is 4.20. The van der Waals surface area contributed by atoms with Gasteiger partial charge in [0.25, 0.3) is 0 Å². The minimum Gasteiger partial charge on any atom is -0.338 e. The van der Waals surface area contributed by atoms with Gasteiger partial charge in [-0.15, -0.1) is 0 Å². The number of para-hydroxylation sites is 2. The SMILES string of the molecule is CN(C)CCCn1c(CCNC(=O)NC2CCCCC2)nc2ccccc21. The van der Waals surface area contributed by atoms with E-state index in [1.165, 1.54) is 24.8 Å². The van der Waals surface area contributed by atoms with E-state index < -0.39 is 0 Å². The zero-order valence-electron chi connectivity index (χ0n) is 16.7. The van der Waals surface area contributed by atoms with Crippen LogP contribution in [0.15, 0.2) is 24.3 Å². The van der Waals surface area contributed by atoms with Crippen molar-refractivity contribution in [2.45, 2.75) is 57.5 Å². The first kappa shape index (κ1) is 19.7. The quantitative estimate of drug-likeness (QED) is 0.749. The molecule has 148 valence electrons. The number of rotatable bonds is 8. The number of benzene rings is 1. The molecular formula is C21H33N5O. The maximum atomic E-state index is 12.2. The number of nitrogens with one attached hydrogen (secondary N) is 2. The van der Waals surface area contributed by atoms with Crippen molar-refractivity contribution < 1.29 is 4.79 Å². The monoisotopic (exact) mass is 371 g/mol. The summed E-state index contributed by atoms with van der Waals surface area (Å²) in [6.07, 6.45) is 7.78. The highest BCUT2D eigenvalue weighted by Crippen LogP contribution is 2.18. The molecule has 1 aromatic heterocycles. The molecule has 3 rings (SSSR count). The Morgan fingerprint density at radius 2 is 2.00 bits per heavy atom. The molecular weight excluding hydrogens is 338 g/mol. The molecule has 2 amide bonds. The first-order valence-electron chi connectivity index (χ1n) is 10.3. The molecule has 0 saturated heterocycles. The summed E-state index contributed by atoms with van der Waals surface area (Å²) in [5.41, 5.74) is 2.21. The molecule has 1 fully saturated rings. The molecule has 1 saturated carbocycles. The van der Waals surface area contributed by atoms with E-state index in [1.807, 2.05) is 6.07 Å². The number of carbonyl (C=O) groups is 1. The molecule has 0 bridgehead atoms. The number of urea groups is 1. The zero-order chi connectivity index (χ0) is 19.1. The fourth-order valence-corrected chi connectivity index (χ4v) is 3.88. The fourth-order valence-electron chi connectivity index (χ4n) is 3.88. The Balaban J connectivity index is 1.56. The molecule has 2 aromatic rings. The van der Waals surface area contributed by atoms with Crippen LogP contribution >= 0.6 is 0 Å². The van der Waals surface area contributed by atoms with Crippen LogP contribution < -0.4 is 10.6 Å². The third kappa shape index (κ3) is 5.70. The Morgan fingerprint density at radius 1 is 1.22 bits per heavy atom. The molecule has 1 aliphatic carbocycles. The van der Waals surface area contributed by atoms with Crippen LogP contribution in [0.4, 0.5) is 4.79 Å². The number of nitrogens with zero attached hydrogens (tertiary/aromatic N) is 3. The summed E-state index contributed by atoms with van der Waals surface area (Å²) in [6, 6.07) is 8.58. The predicted octanol–water partition coefficient (Wildman–Crippen LogP) is 3.16. The Labute approximate surface area is 162 Å². The third-order valence-corrected chi connectivity index (χ3v) is 5.30. The Morgan fingerprint density at radius 3 is 2.78 bits per heavy atom. The molecule has 2 N–H and O–H groups in total. The highest BCUT2D eigenvalue weighted by Gasteiger charge is 2.16. The normalized spacial score (nSPS) is 15.4. The summed E-state index contributed by atoms with van der Waals surface area (Å²) in [6.45, 7) is 2.60. The molecule has 6 nitrogen and oxygen atoms in total. The number of aryl methyl sites for hydroxylation is 1. The van der Waals surface area contributed by atoms with Crippen molar-refractivity contribution in [3.8, 4) is 0 Å². The molecule has 6 heteroatoms. The van der Waals surface area contributed by atoms with Gasteiger partial charge in [-0.2, -0.15) is 0 Å². The second-order valence-electron chi connectivity index (χ2n) is 7.81. The van der Waals surface area contributed by atoms with Crippen molar-refractivity contribution >= 4 is 17.1 Å². The van der Waals surface area contributed by atoms with E-state index in [0.29, 0.717) is 12.6 Å². The van der Waals surface area contributed by atoms with Crippen LogP contribution in [0.1, 0.15) is 44.3 Å². The standard InChI is InChI=1S/C21H33N5O/c1-25(2)15-8-16-26-19-12-7-6-11-18(19)24-20(26)13-14-22-21(27)23-17-9-4-3-5-10-17/h6-7,11-12,17H,3-5,8-10,13-16H2,1-2H3,(H2,22,23,27). The number of hydrogen-bond acceptors (Lipinski definition) is 3. The summed E-state index contributed by atoms with van der Waals surface area (Å²) in [5.74, 6) is 1.05. The van der Waals surface area contributed by atoms with Crippen molar-refractivity contribution in [1.82, 2.24) is 25.1 Å². The summed E-state index contributed by atoms with van der Waals surface area (Å²) in [4.78, 5) is 19.2. The van der Waals surface area contributed by atoms with Gasteiger partial charge in [0, 0.05) is 25.6 Å². The van der Waals surface area contributed by atoms with Crippen LogP contribution in [0.25, 0.3) is 11.0 Å². The van der Waals surface area contributed by atoms with Crippen molar-refractivity contribution in [3.63, 3.8) is 0 Å². The smallest absolute Gasteiger partial charge is 0.315 e. The van der Waals surface area contributed by atoms with Gasteiger partial charge in [-0.1, -0.05) is 31.4 Å². The maximum Gasteiger partial charge on any atom is 0.315 e. The number of hydrogen-bond donors (Lipinski definition) is 2. The van der Waals surface area contributed by atoms with Crippen molar-refractivity contribution in [3.05, 3.63) is 30.1 Å². The first-order valence-corrected chi connectivity index (χ1v) is 10.3. The van der Waals surface area contributed by atoms with Gasteiger partial charge >= 0.3 is 6.03 Å². The Bertz CT molecular complexity index is 733. The van der Waals surface area contributed by atoms with Gasteiger partial charge in [0.05, 0.1) is 11.0 Å². The molecule has 1 heterocycles.